The lowest BCUT2D eigenvalue weighted by Crippen LogP contribution is -2.36. The number of hydrogen-bond acceptors (Lipinski definition) is 3. The Morgan fingerprint density at radius 1 is 1.33 bits per heavy atom. The topological polar surface area (TPSA) is 58.6 Å². The summed E-state index contributed by atoms with van der Waals surface area (Å²) in [5.74, 6) is 0.738. The lowest BCUT2D eigenvalue weighted by atomic mass is 9.95. The molecule has 0 aromatic heterocycles. The molecular weight excluding hydrogens is 230 g/mol. The van der Waals surface area contributed by atoms with Crippen LogP contribution in [-0.2, 0) is 11.2 Å². The molecule has 0 unspecified atom stereocenters. The molecule has 0 atom stereocenters. The van der Waals surface area contributed by atoms with Crippen LogP contribution in [0, 0.1) is 5.41 Å². The van der Waals surface area contributed by atoms with Gasteiger partial charge < -0.3 is 15.2 Å². The Morgan fingerprint density at radius 2 is 1.94 bits per heavy atom. The first-order valence-corrected chi connectivity index (χ1v) is 5.97. The maximum Gasteiger partial charge on any atom is 0.224 e. The number of rotatable bonds is 6. The van der Waals surface area contributed by atoms with E-state index in [-0.39, 0.29) is 17.9 Å². The Kier molecular flexibility index (Phi) is 5.16. The maximum absolute atomic E-state index is 11.7. The summed E-state index contributed by atoms with van der Waals surface area (Å²) in [4.78, 5) is 11.7. The molecule has 0 aliphatic heterocycles. The molecule has 0 spiro atoms. The molecule has 4 nitrogen and oxygen atoms in total. The molecule has 0 fully saturated rings. The molecule has 0 heterocycles. The van der Waals surface area contributed by atoms with Crippen LogP contribution in [0.15, 0.2) is 24.3 Å². The molecule has 2 N–H and O–H groups in total. The van der Waals surface area contributed by atoms with Crippen molar-refractivity contribution in [1.82, 2.24) is 5.32 Å². The zero-order valence-electron chi connectivity index (χ0n) is 11.2. The van der Waals surface area contributed by atoms with Crippen LogP contribution in [-0.4, -0.2) is 31.3 Å². The zero-order chi connectivity index (χ0) is 13.6. The number of amides is 1. The number of benzene rings is 1. The molecule has 0 saturated heterocycles. The second-order valence-corrected chi connectivity index (χ2v) is 5.12. The Balaban J connectivity index is 2.44. The molecule has 100 valence electrons. The Bertz CT molecular complexity index is 385. The van der Waals surface area contributed by atoms with Gasteiger partial charge in [-0.2, -0.15) is 0 Å². The molecule has 0 aliphatic rings. The highest BCUT2D eigenvalue weighted by molar-refractivity contribution is 5.78. The molecule has 4 heteroatoms. The van der Waals surface area contributed by atoms with Gasteiger partial charge in [-0.15, -0.1) is 0 Å². The lowest BCUT2D eigenvalue weighted by molar-refractivity contribution is -0.121. The molecule has 0 saturated carbocycles. The number of carbonyl (C=O) groups is 1. The summed E-state index contributed by atoms with van der Waals surface area (Å²) in [5, 5.41) is 11.9. The van der Waals surface area contributed by atoms with Crippen molar-refractivity contribution >= 4 is 5.91 Å². The minimum absolute atomic E-state index is 0.0401. The van der Waals surface area contributed by atoms with Crippen molar-refractivity contribution < 1.29 is 14.6 Å². The van der Waals surface area contributed by atoms with Gasteiger partial charge in [0, 0.05) is 18.6 Å². The third kappa shape index (κ3) is 4.75. The number of carbonyl (C=O) groups excluding carboxylic acids is 1. The Labute approximate surface area is 108 Å². The van der Waals surface area contributed by atoms with Gasteiger partial charge in [0.2, 0.25) is 5.91 Å². The highest BCUT2D eigenvalue weighted by Crippen LogP contribution is 2.13. The van der Waals surface area contributed by atoms with Crippen LogP contribution in [0.4, 0.5) is 0 Å². The van der Waals surface area contributed by atoms with E-state index in [4.69, 9.17) is 9.84 Å². The monoisotopic (exact) mass is 251 g/mol. The van der Waals surface area contributed by atoms with Gasteiger partial charge in [-0.25, -0.2) is 0 Å². The molecule has 1 aromatic rings. The minimum Gasteiger partial charge on any atom is -0.497 e. The predicted molar refractivity (Wildman–Crippen MR) is 70.6 cm³/mol. The van der Waals surface area contributed by atoms with Crippen molar-refractivity contribution in [2.24, 2.45) is 5.41 Å². The average molecular weight is 251 g/mol. The minimum atomic E-state index is -0.282. The van der Waals surface area contributed by atoms with E-state index in [0.717, 1.165) is 11.3 Å². The standard InChI is InChI=1S/C14H21NO3/c1-14(2,10-16)9-15-13(17)8-11-4-6-12(18-3)7-5-11/h4-7,16H,8-10H2,1-3H3,(H,15,17). The smallest absolute Gasteiger partial charge is 0.224 e. The fourth-order valence-corrected chi connectivity index (χ4v) is 1.39. The van der Waals surface area contributed by atoms with E-state index in [9.17, 15) is 4.79 Å². The van der Waals surface area contributed by atoms with Crippen LogP contribution in [0.5, 0.6) is 5.75 Å². The van der Waals surface area contributed by atoms with Crippen molar-refractivity contribution in [1.29, 1.82) is 0 Å². The third-order valence-electron chi connectivity index (χ3n) is 2.72. The molecule has 0 aliphatic carbocycles. The number of aliphatic hydroxyl groups excluding tert-OH is 1. The van der Waals surface area contributed by atoms with E-state index in [1.165, 1.54) is 0 Å². The molecule has 18 heavy (non-hydrogen) atoms. The number of nitrogens with one attached hydrogen (secondary N) is 1. The van der Waals surface area contributed by atoms with Crippen molar-refractivity contribution in [2.45, 2.75) is 20.3 Å². The fraction of sp³-hybridized carbons (Fsp3) is 0.500. The van der Waals surface area contributed by atoms with Crippen molar-refractivity contribution in [3.63, 3.8) is 0 Å². The Morgan fingerprint density at radius 3 is 2.44 bits per heavy atom. The molecule has 0 radical (unpaired) electrons. The second-order valence-electron chi connectivity index (χ2n) is 5.12. The van der Waals surface area contributed by atoms with E-state index < -0.39 is 0 Å². The highest BCUT2D eigenvalue weighted by Gasteiger charge is 2.17. The van der Waals surface area contributed by atoms with E-state index in [0.29, 0.717) is 13.0 Å². The summed E-state index contributed by atoms with van der Waals surface area (Å²) in [7, 11) is 1.61. The van der Waals surface area contributed by atoms with Gasteiger partial charge in [-0.3, -0.25) is 4.79 Å². The average Bonchev–Trinajstić information content (AvgIpc) is 2.37. The maximum atomic E-state index is 11.7. The largest absolute Gasteiger partial charge is 0.497 e. The second kappa shape index (κ2) is 6.40. The highest BCUT2D eigenvalue weighted by atomic mass is 16.5. The van der Waals surface area contributed by atoms with Gasteiger partial charge in [0.25, 0.3) is 0 Å². The Hall–Kier alpha value is -1.55. The lowest BCUT2D eigenvalue weighted by Gasteiger charge is -2.21. The van der Waals surface area contributed by atoms with Crippen LogP contribution in [0.1, 0.15) is 19.4 Å². The summed E-state index contributed by atoms with van der Waals surface area (Å²) in [6.45, 7) is 4.33. The van der Waals surface area contributed by atoms with Gasteiger partial charge >= 0.3 is 0 Å². The number of ether oxygens (including phenoxy) is 1. The fourth-order valence-electron chi connectivity index (χ4n) is 1.39. The summed E-state index contributed by atoms with van der Waals surface area (Å²) in [6.07, 6.45) is 0.339. The SMILES string of the molecule is COc1ccc(CC(=O)NCC(C)(C)CO)cc1. The summed E-state index contributed by atoms with van der Waals surface area (Å²) >= 11 is 0. The first-order valence-electron chi connectivity index (χ1n) is 5.97. The van der Waals surface area contributed by atoms with E-state index in [1.54, 1.807) is 7.11 Å². The van der Waals surface area contributed by atoms with Crippen molar-refractivity contribution in [2.75, 3.05) is 20.3 Å². The van der Waals surface area contributed by atoms with E-state index in [1.807, 2.05) is 38.1 Å². The quantitative estimate of drug-likeness (QED) is 0.803. The van der Waals surface area contributed by atoms with Gasteiger partial charge in [-0.05, 0) is 17.7 Å². The summed E-state index contributed by atoms with van der Waals surface area (Å²) < 4.78 is 5.05. The first kappa shape index (κ1) is 14.5. The number of hydrogen-bond donors (Lipinski definition) is 2. The molecule has 1 amide bonds. The summed E-state index contributed by atoms with van der Waals surface area (Å²) in [5.41, 5.74) is 0.658. The van der Waals surface area contributed by atoms with Crippen LogP contribution >= 0.6 is 0 Å². The number of aliphatic hydroxyl groups is 1. The van der Waals surface area contributed by atoms with Gasteiger partial charge in [0.1, 0.15) is 5.75 Å². The van der Waals surface area contributed by atoms with E-state index >= 15 is 0 Å². The third-order valence-corrected chi connectivity index (χ3v) is 2.72. The molecule has 0 bridgehead atoms. The number of methoxy groups -OCH3 is 1. The zero-order valence-corrected chi connectivity index (χ0v) is 11.2. The van der Waals surface area contributed by atoms with Crippen LogP contribution in [0.25, 0.3) is 0 Å². The predicted octanol–water partition coefficient (Wildman–Crippen LogP) is 1.37. The molecule has 1 rings (SSSR count). The first-order chi connectivity index (χ1) is 8.46. The molecule has 1 aromatic carbocycles. The van der Waals surface area contributed by atoms with Crippen LogP contribution in [0.3, 0.4) is 0 Å². The van der Waals surface area contributed by atoms with Crippen molar-refractivity contribution in [3.05, 3.63) is 29.8 Å². The van der Waals surface area contributed by atoms with Gasteiger partial charge in [0.05, 0.1) is 13.5 Å². The van der Waals surface area contributed by atoms with Crippen LogP contribution in [0.2, 0.25) is 0 Å². The normalized spacial score (nSPS) is 11.1. The van der Waals surface area contributed by atoms with Crippen molar-refractivity contribution in [3.8, 4) is 5.75 Å². The summed E-state index contributed by atoms with van der Waals surface area (Å²) in [6, 6.07) is 7.41. The van der Waals surface area contributed by atoms with Gasteiger partial charge in [-0.1, -0.05) is 26.0 Å². The van der Waals surface area contributed by atoms with E-state index in [2.05, 4.69) is 5.32 Å². The van der Waals surface area contributed by atoms with Crippen LogP contribution < -0.4 is 10.1 Å². The van der Waals surface area contributed by atoms with Gasteiger partial charge in [0.15, 0.2) is 0 Å². The molecular formula is C14H21NO3.